The zero-order valence-electron chi connectivity index (χ0n) is 10.8. The van der Waals surface area contributed by atoms with Crippen LogP contribution in [0, 0.1) is 0 Å². The van der Waals surface area contributed by atoms with Crippen molar-refractivity contribution in [1.82, 2.24) is 4.90 Å². The number of alkyl halides is 3. The predicted octanol–water partition coefficient (Wildman–Crippen LogP) is 3.49. The van der Waals surface area contributed by atoms with E-state index in [1.807, 2.05) is 0 Å². The van der Waals surface area contributed by atoms with Crippen LogP contribution in [0.5, 0.6) is 0 Å². The molecule has 0 spiro atoms. The van der Waals surface area contributed by atoms with E-state index >= 15 is 0 Å². The molecule has 1 aromatic carbocycles. The van der Waals surface area contributed by atoms with Gasteiger partial charge in [-0.2, -0.15) is 13.2 Å². The Morgan fingerprint density at radius 3 is 2.57 bits per heavy atom. The van der Waals surface area contributed by atoms with Crippen LogP contribution in [-0.4, -0.2) is 35.6 Å². The van der Waals surface area contributed by atoms with Crippen LogP contribution < -0.4 is 5.73 Å². The normalized spacial score (nSPS) is 23.2. The van der Waals surface area contributed by atoms with E-state index in [9.17, 15) is 18.0 Å². The molecule has 8 heteroatoms. The van der Waals surface area contributed by atoms with Gasteiger partial charge in [0.1, 0.15) is 6.04 Å². The molecule has 1 fully saturated rings. The maximum absolute atomic E-state index is 13.1. The standard InChI is InChI=1S/C13H13Cl2F3N2O/c14-9-3-1-2-8(11(9)15)12(21)20-6-7(19)4-5-10(20)13(16,17)18/h1-3,7,10H,4-6,19H2/t7-,10+/m1/s1. The molecule has 1 amide bonds. The quantitative estimate of drug-likeness (QED) is 0.850. The van der Waals surface area contributed by atoms with Crippen molar-refractivity contribution in [1.29, 1.82) is 0 Å². The van der Waals surface area contributed by atoms with Crippen molar-refractivity contribution in [3.8, 4) is 0 Å². The van der Waals surface area contributed by atoms with Crippen molar-refractivity contribution >= 4 is 29.1 Å². The lowest BCUT2D eigenvalue weighted by Crippen LogP contribution is -2.56. The molecule has 2 N–H and O–H groups in total. The molecular weight excluding hydrogens is 328 g/mol. The highest BCUT2D eigenvalue weighted by Gasteiger charge is 2.47. The molecule has 116 valence electrons. The van der Waals surface area contributed by atoms with Gasteiger partial charge in [0, 0.05) is 12.6 Å². The van der Waals surface area contributed by atoms with Crippen LogP contribution in [0.1, 0.15) is 23.2 Å². The van der Waals surface area contributed by atoms with Crippen molar-refractivity contribution in [2.75, 3.05) is 6.54 Å². The van der Waals surface area contributed by atoms with E-state index in [2.05, 4.69) is 0 Å². The lowest BCUT2D eigenvalue weighted by Gasteiger charge is -2.39. The molecule has 0 radical (unpaired) electrons. The Morgan fingerprint density at radius 1 is 1.29 bits per heavy atom. The summed E-state index contributed by atoms with van der Waals surface area (Å²) < 4.78 is 39.2. The van der Waals surface area contributed by atoms with E-state index in [1.165, 1.54) is 18.2 Å². The van der Waals surface area contributed by atoms with Gasteiger partial charge < -0.3 is 10.6 Å². The number of rotatable bonds is 1. The molecule has 1 heterocycles. The zero-order chi connectivity index (χ0) is 15.8. The van der Waals surface area contributed by atoms with E-state index in [-0.39, 0.29) is 35.0 Å². The molecule has 1 saturated heterocycles. The number of nitrogens with zero attached hydrogens (tertiary/aromatic N) is 1. The second-order valence-corrected chi connectivity index (χ2v) is 5.74. The number of hydrogen-bond acceptors (Lipinski definition) is 2. The Hall–Kier alpha value is -0.980. The monoisotopic (exact) mass is 340 g/mol. The van der Waals surface area contributed by atoms with Gasteiger partial charge in [-0.05, 0) is 25.0 Å². The highest BCUT2D eigenvalue weighted by Crippen LogP contribution is 2.34. The highest BCUT2D eigenvalue weighted by atomic mass is 35.5. The summed E-state index contributed by atoms with van der Waals surface area (Å²) in [7, 11) is 0. The number of nitrogens with two attached hydrogens (primary N) is 1. The average Bonchev–Trinajstić information content (AvgIpc) is 2.39. The smallest absolute Gasteiger partial charge is 0.326 e. The molecule has 2 atom stereocenters. The fourth-order valence-electron chi connectivity index (χ4n) is 2.39. The van der Waals surface area contributed by atoms with Crippen LogP contribution in [0.4, 0.5) is 13.2 Å². The third kappa shape index (κ3) is 3.44. The largest absolute Gasteiger partial charge is 0.408 e. The fourth-order valence-corrected chi connectivity index (χ4v) is 2.77. The third-order valence-electron chi connectivity index (χ3n) is 3.44. The molecule has 1 aliphatic heterocycles. The molecule has 1 aliphatic rings. The Kier molecular flexibility index (Phi) is 4.70. The number of piperidine rings is 1. The summed E-state index contributed by atoms with van der Waals surface area (Å²) >= 11 is 11.7. The molecule has 2 rings (SSSR count). The summed E-state index contributed by atoms with van der Waals surface area (Å²) in [4.78, 5) is 13.1. The van der Waals surface area contributed by atoms with Gasteiger partial charge in [0.2, 0.25) is 0 Å². The van der Waals surface area contributed by atoms with Gasteiger partial charge in [-0.1, -0.05) is 29.3 Å². The molecule has 1 aromatic rings. The summed E-state index contributed by atoms with van der Waals surface area (Å²) in [5.74, 6) is -0.806. The van der Waals surface area contributed by atoms with Crippen molar-refractivity contribution in [3.63, 3.8) is 0 Å². The number of likely N-dealkylation sites (tertiary alicyclic amines) is 1. The van der Waals surface area contributed by atoms with Gasteiger partial charge in [-0.3, -0.25) is 4.79 Å². The van der Waals surface area contributed by atoms with E-state index in [0.29, 0.717) is 0 Å². The molecule has 0 saturated carbocycles. The second kappa shape index (κ2) is 6.02. The molecule has 3 nitrogen and oxygen atoms in total. The second-order valence-electron chi connectivity index (χ2n) is 4.95. The topological polar surface area (TPSA) is 46.3 Å². The molecule has 0 unspecified atom stereocenters. The van der Waals surface area contributed by atoms with Crippen LogP contribution in [0.25, 0.3) is 0 Å². The highest BCUT2D eigenvalue weighted by molar-refractivity contribution is 6.43. The lowest BCUT2D eigenvalue weighted by molar-refractivity contribution is -0.184. The van der Waals surface area contributed by atoms with Gasteiger partial charge in [0.25, 0.3) is 5.91 Å². The number of carbonyl (C=O) groups is 1. The van der Waals surface area contributed by atoms with Gasteiger partial charge in [-0.15, -0.1) is 0 Å². The first-order valence-electron chi connectivity index (χ1n) is 6.29. The number of halogens is 5. The van der Waals surface area contributed by atoms with Crippen molar-refractivity contribution in [3.05, 3.63) is 33.8 Å². The summed E-state index contributed by atoms with van der Waals surface area (Å²) in [5.41, 5.74) is 5.65. The first-order chi connectivity index (χ1) is 9.71. The number of hydrogen-bond donors (Lipinski definition) is 1. The van der Waals surface area contributed by atoms with Crippen LogP contribution in [0.15, 0.2) is 18.2 Å². The SMILES string of the molecule is N[C@@H]1CC[C@@H](C(F)(F)F)N(C(=O)c2cccc(Cl)c2Cl)C1. The van der Waals surface area contributed by atoms with E-state index in [1.54, 1.807) is 0 Å². The van der Waals surface area contributed by atoms with E-state index in [0.717, 1.165) is 4.90 Å². The summed E-state index contributed by atoms with van der Waals surface area (Å²) in [6, 6.07) is 1.95. The number of amides is 1. The Morgan fingerprint density at radius 2 is 1.95 bits per heavy atom. The van der Waals surface area contributed by atoms with Gasteiger partial charge >= 0.3 is 6.18 Å². The van der Waals surface area contributed by atoms with Gasteiger partial charge in [0.15, 0.2) is 0 Å². The summed E-state index contributed by atoms with van der Waals surface area (Å²) in [6.45, 7) is -0.161. The molecule has 21 heavy (non-hydrogen) atoms. The fraction of sp³-hybridized carbons (Fsp3) is 0.462. The zero-order valence-corrected chi connectivity index (χ0v) is 12.3. The maximum atomic E-state index is 13.1. The van der Waals surface area contributed by atoms with Crippen LogP contribution in [-0.2, 0) is 0 Å². The first-order valence-corrected chi connectivity index (χ1v) is 7.04. The van der Waals surface area contributed by atoms with Crippen molar-refractivity contribution in [2.24, 2.45) is 5.73 Å². The lowest BCUT2D eigenvalue weighted by atomic mass is 9.97. The Labute approximate surface area is 129 Å². The van der Waals surface area contributed by atoms with Crippen molar-refractivity contribution < 1.29 is 18.0 Å². The average molecular weight is 341 g/mol. The molecular formula is C13H13Cl2F3N2O. The number of carbonyl (C=O) groups excluding carboxylic acids is 1. The Bertz CT molecular complexity index is 551. The maximum Gasteiger partial charge on any atom is 0.408 e. The van der Waals surface area contributed by atoms with Crippen LogP contribution in [0.3, 0.4) is 0 Å². The van der Waals surface area contributed by atoms with Crippen molar-refractivity contribution in [2.45, 2.75) is 31.1 Å². The molecule has 0 bridgehead atoms. The minimum atomic E-state index is -4.50. The van der Waals surface area contributed by atoms with E-state index in [4.69, 9.17) is 28.9 Å². The van der Waals surface area contributed by atoms with Gasteiger partial charge in [-0.25, -0.2) is 0 Å². The summed E-state index contributed by atoms with van der Waals surface area (Å²) in [6.07, 6.45) is -4.49. The van der Waals surface area contributed by atoms with E-state index < -0.39 is 24.2 Å². The van der Waals surface area contributed by atoms with Crippen LogP contribution >= 0.6 is 23.2 Å². The van der Waals surface area contributed by atoms with Gasteiger partial charge in [0.05, 0.1) is 15.6 Å². The van der Waals surface area contributed by atoms with Crippen LogP contribution in [0.2, 0.25) is 10.0 Å². The predicted molar refractivity (Wildman–Crippen MR) is 74.6 cm³/mol. The Balaban J connectivity index is 2.36. The minimum Gasteiger partial charge on any atom is -0.326 e. The minimum absolute atomic E-state index is 0.0486. The molecule has 0 aromatic heterocycles. The first kappa shape index (κ1) is 16.4. The molecule has 0 aliphatic carbocycles. The number of benzene rings is 1. The third-order valence-corrected chi connectivity index (χ3v) is 4.26. The summed E-state index contributed by atoms with van der Waals surface area (Å²) in [5, 5.41) is 0.0663.